The zero-order valence-electron chi connectivity index (χ0n) is 18.4. The van der Waals surface area contributed by atoms with Gasteiger partial charge < -0.3 is 20.4 Å². The van der Waals surface area contributed by atoms with Crippen LogP contribution in [0.15, 0.2) is 42.5 Å². The van der Waals surface area contributed by atoms with Crippen LogP contribution in [0.25, 0.3) is 5.65 Å². The number of pyridine rings is 1. The molecule has 3 heterocycles. The maximum atomic E-state index is 13.2. The Hall–Kier alpha value is -3.20. The van der Waals surface area contributed by atoms with Gasteiger partial charge in [0.1, 0.15) is 5.82 Å². The van der Waals surface area contributed by atoms with E-state index >= 15 is 0 Å². The molecule has 2 unspecified atom stereocenters. The van der Waals surface area contributed by atoms with Gasteiger partial charge in [0.05, 0.1) is 5.60 Å². The van der Waals surface area contributed by atoms with Crippen LogP contribution in [0.5, 0.6) is 0 Å². The first-order valence-corrected chi connectivity index (χ1v) is 10.6. The van der Waals surface area contributed by atoms with E-state index < -0.39 is 11.7 Å². The van der Waals surface area contributed by atoms with E-state index in [2.05, 4.69) is 15.4 Å². The van der Waals surface area contributed by atoms with Crippen molar-refractivity contribution in [3.05, 3.63) is 54.0 Å². The largest absolute Gasteiger partial charge is 0.465 e. The number of hydrogen-bond donors (Lipinski definition) is 3. The molecule has 1 saturated heterocycles. The number of nitrogens with one attached hydrogen (secondary N) is 1. The Bertz CT molecular complexity index is 1120. The zero-order chi connectivity index (χ0) is 23.1. The van der Waals surface area contributed by atoms with Crippen LogP contribution in [0.4, 0.5) is 20.8 Å². The van der Waals surface area contributed by atoms with Crippen molar-refractivity contribution in [1.29, 1.82) is 0 Å². The first-order valence-electron chi connectivity index (χ1n) is 10.6. The third-order valence-corrected chi connectivity index (χ3v) is 6.06. The Morgan fingerprint density at radius 2 is 1.97 bits per heavy atom. The number of nitrogens with zero attached hydrogens (tertiary/aromatic N) is 4. The summed E-state index contributed by atoms with van der Waals surface area (Å²) in [5.41, 5.74) is 0.691. The standard InChI is InChI=1S/C23H28FN5O3/c1-22(2,3)18-14-23(32,11-12-28(18)21(30)31)13-17-5-4-6-19-26-20(27-29(17)19)25-16-9-7-15(24)8-10-16/h4-10,18,32H,11-14H2,1-3H3,(H,25,27)(H,30,31). The predicted octanol–water partition coefficient (Wildman–Crippen LogP) is 4.07. The molecule has 1 aromatic carbocycles. The SMILES string of the molecule is CC(C)(C)C1CC(O)(Cc2cccc3nc(Nc4ccc(F)cc4)nn23)CCN1C(=O)O. The van der Waals surface area contributed by atoms with Crippen LogP contribution in [0, 0.1) is 11.2 Å². The summed E-state index contributed by atoms with van der Waals surface area (Å²) in [6.07, 6.45) is 0.0533. The average molecular weight is 442 g/mol. The van der Waals surface area contributed by atoms with Crippen LogP contribution >= 0.6 is 0 Å². The minimum absolute atomic E-state index is 0.276. The van der Waals surface area contributed by atoms with Crippen LogP contribution in [0.3, 0.4) is 0 Å². The number of carboxylic acid groups (broad SMARTS) is 1. The summed E-state index contributed by atoms with van der Waals surface area (Å²) < 4.78 is 14.8. The summed E-state index contributed by atoms with van der Waals surface area (Å²) >= 11 is 0. The molecule has 0 spiro atoms. The lowest BCUT2D eigenvalue weighted by atomic mass is 9.73. The number of rotatable bonds is 4. The molecule has 32 heavy (non-hydrogen) atoms. The van der Waals surface area contributed by atoms with Crippen molar-refractivity contribution >= 4 is 23.4 Å². The summed E-state index contributed by atoms with van der Waals surface area (Å²) in [6.45, 7) is 6.25. The third kappa shape index (κ3) is 4.52. The first kappa shape index (κ1) is 22.0. The van der Waals surface area contributed by atoms with E-state index in [1.54, 1.807) is 16.6 Å². The van der Waals surface area contributed by atoms with Gasteiger partial charge in [-0.15, -0.1) is 5.10 Å². The van der Waals surface area contributed by atoms with Gasteiger partial charge in [-0.2, -0.15) is 4.98 Å². The van der Waals surface area contributed by atoms with Gasteiger partial charge in [-0.25, -0.2) is 13.7 Å². The minimum Gasteiger partial charge on any atom is -0.465 e. The van der Waals surface area contributed by atoms with Crippen molar-refractivity contribution < 1.29 is 19.4 Å². The summed E-state index contributed by atoms with van der Waals surface area (Å²) in [5, 5.41) is 28.6. The molecule has 1 fully saturated rings. The third-order valence-electron chi connectivity index (χ3n) is 6.06. The quantitative estimate of drug-likeness (QED) is 0.564. The van der Waals surface area contributed by atoms with E-state index in [4.69, 9.17) is 0 Å². The highest BCUT2D eigenvalue weighted by atomic mass is 19.1. The molecule has 0 bridgehead atoms. The number of fused-ring (bicyclic) bond motifs is 1. The average Bonchev–Trinajstić information content (AvgIpc) is 3.12. The number of aromatic nitrogens is 3. The van der Waals surface area contributed by atoms with Gasteiger partial charge in [-0.3, -0.25) is 0 Å². The molecule has 8 nitrogen and oxygen atoms in total. The number of hydrogen-bond acceptors (Lipinski definition) is 5. The van der Waals surface area contributed by atoms with E-state index in [1.165, 1.54) is 17.0 Å². The monoisotopic (exact) mass is 441 g/mol. The second-order valence-electron chi connectivity index (χ2n) is 9.57. The van der Waals surface area contributed by atoms with E-state index in [1.807, 2.05) is 39.0 Å². The number of piperidine rings is 1. The fraction of sp³-hybridized carbons (Fsp3) is 0.435. The van der Waals surface area contributed by atoms with Crippen molar-refractivity contribution in [3.8, 4) is 0 Å². The van der Waals surface area contributed by atoms with Gasteiger partial charge in [0.2, 0.25) is 5.95 Å². The van der Waals surface area contributed by atoms with E-state index in [-0.39, 0.29) is 23.8 Å². The van der Waals surface area contributed by atoms with Crippen molar-refractivity contribution in [2.45, 2.75) is 51.7 Å². The Morgan fingerprint density at radius 1 is 1.25 bits per heavy atom. The van der Waals surface area contributed by atoms with E-state index in [9.17, 15) is 19.4 Å². The van der Waals surface area contributed by atoms with Gasteiger partial charge in [0, 0.05) is 30.4 Å². The Labute approximate surface area is 185 Å². The second kappa shape index (κ2) is 8.05. The highest BCUT2D eigenvalue weighted by Gasteiger charge is 2.45. The van der Waals surface area contributed by atoms with Crippen molar-refractivity contribution in [1.82, 2.24) is 19.5 Å². The number of likely N-dealkylation sites (tertiary alicyclic amines) is 1. The Morgan fingerprint density at radius 3 is 2.62 bits per heavy atom. The van der Waals surface area contributed by atoms with Crippen molar-refractivity contribution in [2.24, 2.45) is 5.41 Å². The number of anilines is 2. The summed E-state index contributed by atoms with van der Waals surface area (Å²) in [4.78, 5) is 17.6. The van der Waals surface area contributed by atoms with Gasteiger partial charge in [0.25, 0.3) is 0 Å². The number of aliphatic hydroxyl groups is 1. The number of carbonyl (C=O) groups is 1. The lowest BCUT2D eigenvalue weighted by Crippen LogP contribution is -2.57. The molecule has 2 atom stereocenters. The van der Waals surface area contributed by atoms with Crippen molar-refractivity contribution in [3.63, 3.8) is 0 Å². The Balaban J connectivity index is 1.59. The topological polar surface area (TPSA) is 103 Å². The Kier molecular flexibility index (Phi) is 5.54. The molecule has 170 valence electrons. The maximum Gasteiger partial charge on any atom is 0.407 e. The second-order valence-corrected chi connectivity index (χ2v) is 9.57. The summed E-state index contributed by atoms with van der Waals surface area (Å²) in [7, 11) is 0. The molecule has 3 aromatic rings. The normalized spacial score (nSPS) is 21.7. The van der Waals surface area contributed by atoms with E-state index in [0.29, 0.717) is 36.5 Å². The molecule has 0 radical (unpaired) electrons. The molecule has 1 aliphatic heterocycles. The van der Waals surface area contributed by atoms with Crippen molar-refractivity contribution in [2.75, 3.05) is 11.9 Å². The fourth-order valence-electron chi connectivity index (χ4n) is 4.37. The zero-order valence-corrected chi connectivity index (χ0v) is 18.4. The highest BCUT2D eigenvalue weighted by molar-refractivity contribution is 5.66. The molecule has 2 aromatic heterocycles. The maximum absolute atomic E-state index is 13.2. The lowest BCUT2D eigenvalue weighted by Gasteiger charge is -2.48. The lowest BCUT2D eigenvalue weighted by molar-refractivity contribution is -0.0643. The van der Waals surface area contributed by atoms with Gasteiger partial charge in [-0.1, -0.05) is 26.8 Å². The fourth-order valence-corrected chi connectivity index (χ4v) is 4.37. The molecule has 0 aliphatic carbocycles. The van der Waals surface area contributed by atoms with Crippen LogP contribution in [-0.4, -0.2) is 54.0 Å². The minimum atomic E-state index is -1.06. The van der Waals surface area contributed by atoms with Gasteiger partial charge in [-0.05, 0) is 54.7 Å². The number of benzene rings is 1. The molecule has 9 heteroatoms. The molecule has 1 aliphatic rings. The number of amides is 1. The summed E-state index contributed by atoms with van der Waals surface area (Å²) in [6, 6.07) is 11.2. The molecular formula is C23H28FN5O3. The number of halogens is 1. The van der Waals surface area contributed by atoms with E-state index in [0.717, 1.165) is 5.69 Å². The predicted molar refractivity (Wildman–Crippen MR) is 119 cm³/mol. The van der Waals surface area contributed by atoms with Crippen LogP contribution < -0.4 is 5.32 Å². The van der Waals surface area contributed by atoms with Gasteiger partial charge >= 0.3 is 6.09 Å². The first-order chi connectivity index (χ1) is 15.0. The molecule has 3 N–H and O–H groups in total. The smallest absolute Gasteiger partial charge is 0.407 e. The summed E-state index contributed by atoms with van der Waals surface area (Å²) in [5.74, 6) is 0.0425. The molecular weight excluding hydrogens is 413 g/mol. The molecule has 1 amide bonds. The van der Waals surface area contributed by atoms with Gasteiger partial charge in [0.15, 0.2) is 5.65 Å². The molecule has 0 saturated carbocycles. The van der Waals surface area contributed by atoms with Crippen LogP contribution in [-0.2, 0) is 6.42 Å². The van der Waals surface area contributed by atoms with Crippen LogP contribution in [0.1, 0.15) is 39.3 Å². The highest BCUT2D eigenvalue weighted by Crippen LogP contribution is 2.38. The van der Waals surface area contributed by atoms with Crippen LogP contribution in [0.2, 0.25) is 0 Å². The molecule has 4 rings (SSSR count).